The summed E-state index contributed by atoms with van der Waals surface area (Å²) in [6, 6.07) is 12.1. The Hall–Kier alpha value is -3.22. The molecular formula is C21H22FN3O3. The zero-order valence-electron chi connectivity index (χ0n) is 15.5. The van der Waals surface area contributed by atoms with Crippen molar-refractivity contribution in [2.24, 2.45) is 11.8 Å². The molecule has 0 unspecified atom stereocenters. The van der Waals surface area contributed by atoms with Crippen molar-refractivity contribution >= 4 is 29.1 Å². The van der Waals surface area contributed by atoms with Gasteiger partial charge in [0.15, 0.2) is 0 Å². The summed E-state index contributed by atoms with van der Waals surface area (Å²) in [6.45, 7) is 2.29. The molecule has 0 bridgehead atoms. The van der Waals surface area contributed by atoms with Gasteiger partial charge in [-0.15, -0.1) is 0 Å². The van der Waals surface area contributed by atoms with Gasteiger partial charge >= 0.3 is 0 Å². The Morgan fingerprint density at radius 2 is 1.71 bits per heavy atom. The Morgan fingerprint density at radius 3 is 2.39 bits per heavy atom. The van der Waals surface area contributed by atoms with E-state index in [1.165, 1.54) is 24.3 Å². The number of anilines is 2. The van der Waals surface area contributed by atoms with Gasteiger partial charge in [0.25, 0.3) is 5.91 Å². The van der Waals surface area contributed by atoms with Gasteiger partial charge < -0.3 is 16.0 Å². The number of amides is 3. The van der Waals surface area contributed by atoms with Gasteiger partial charge in [-0.3, -0.25) is 14.4 Å². The Labute approximate surface area is 162 Å². The van der Waals surface area contributed by atoms with E-state index in [1.54, 1.807) is 24.3 Å². The van der Waals surface area contributed by atoms with Crippen molar-refractivity contribution in [3.05, 3.63) is 59.9 Å². The molecular weight excluding hydrogens is 361 g/mol. The van der Waals surface area contributed by atoms with Crippen molar-refractivity contribution in [1.29, 1.82) is 0 Å². The Bertz CT molecular complexity index is 900. The maximum Gasteiger partial charge on any atom is 0.255 e. The predicted molar refractivity (Wildman–Crippen MR) is 104 cm³/mol. The molecule has 1 fully saturated rings. The molecule has 2 aromatic carbocycles. The highest BCUT2D eigenvalue weighted by Gasteiger charge is 2.38. The van der Waals surface area contributed by atoms with Gasteiger partial charge in [0.2, 0.25) is 11.8 Å². The standard InChI is InChI=1S/C21H22FN3O3/c1-13-10-18(13)21(28)23-9-8-19(26)24-16-6-2-4-14(11-16)20(27)25-17-7-3-5-15(22)12-17/h2-7,11-13,18H,8-10H2,1H3,(H,23,28)(H,24,26)(H,25,27)/t13-,18+/m0/s1. The smallest absolute Gasteiger partial charge is 0.255 e. The first-order valence-corrected chi connectivity index (χ1v) is 9.17. The molecule has 0 saturated heterocycles. The molecule has 146 valence electrons. The Kier molecular flexibility index (Phi) is 6.03. The number of halogens is 1. The topological polar surface area (TPSA) is 87.3 Å². The highest BCUT2D eigenvalue weighted by molar-refractivity contribution is 6.05. The van der Waals surface area contributed by atoms with Crippen LogP contribution in [0.25, 0.3) is 0 Å². The second-order valence-electron chi connectivity index (χ2n) is 6.95. The predicted octanol–water partition coefficient (Wildman–Crippen LogP) is 3.18. The van der Waals surface area contributed by atoms with Crippen molar-refractivity contribution in [3.8, 4) is 0 Å². The third kappa shape index (κ3) is 5.39. The molecule has 2 aromatic rings. The van der Waals surface area contributed by atoms with Crippen molar-refractivity contribution < 1.29 is 18.8 Å². The molecule has 0 radical (unpaired) electrons. The van der Waals surface area contributed by atoms with Crippen molar-refractivity contribution in [2.75, 3.05) is 17.2 Å². The van der Waals surface area contributed by atoms with Gasteiger partial charge in [-0.25, -0.2) is 4.39 Å². The highest BCUT2D eigenvalue weighted by Crippen LogP contribution is 2.37. The minimum atomic E-state index is -0.443. The number of hydrogen-bond acceptors (Lipinski definition) is 3. The lowest BCUT2D eigenvalue weighted by molar-refractivity contribution is -0.122. The fourth-order valence-electron chi connectivity index (χ4n) is 2.85. The number of carbonyl (C=O) groups is 3. The Balaban J connectivity index is 1.50. The van der Waals surface area contributed by atoms with Crippen LogP contribution in [0.5, 0.6) is 0 Å². The minimum Gasteiger partial charge on any atom is -0.355 e. The maximum absolute atomic E-state index is 13.2. The first-order valence-electron chi connectivity index (χ1n) is 9.17. The van der Waals surface area contributed by atoms with Gasteiger partial charge in [-0.1, -0.05) is 19.1 Å². The van der Waals surface area contributed by atoms with E-state index >= 15 is 0 Å². The zero-order valence-corrected chi connectivity index (χ0v) is 15.5. The van der Waals surface area contributed by atoms with Crippen LogP contribution in [-0.4, -0.2) is 24.3 Å². The van der Waals surface area contributed by atoms with Crippen LogP contribution in [0.2, 0.25) is 0 Å². The molecule has 3 N–H and O–H groups in total. The third-order valence-corrected chi connectivity index (χ3v) is 4.59. The zero-order chi connectivity index (χ0) is 20.1. The fraction of sp³-hybridized carbons (Fsp3) is 0.286. The van der Waals surface area contributed by atoms with Crippen LogP contribution in [0.4, 0.5) is 15.8 Å². The van der Waals surface area contributed by atoms with Gasteiger partial charge in [-0.05, 0) is 48.7 Å². The average Bonchev–Trinajstić information content (AvgIpc) is 3.38. The average molecular weight is 383 g/mol. The molecule has 1 aliphatic rings. The first kappa shape index (κ1) is 19.5. The summed E-state index contributed by atoms with van der Waals surface area (Å²) in [5.41, 5.74) is 1.15. The van der Waals surface area contributed by atoms with E-state index in [0.29, 0.717) is 22.9 Å². The molecule has 1 aliphatic carbocycles. The van der Waals surface area contributed by atoms with E-state index in [0.717, 1.165) is 6.42 Å². The van der Waals surface area contributed by atoms with E-state index in [-0.39, 0.29) is 30.7 Å². The molecule has 3 rings (SSSR count). The van der Waals surface area contributed by atoms with Gasteiger partial charge in [0, 0.05) is 35.8 Å². The van der Waals surface area contributed by atoms with Crippen LogP contribution in [0, 0.1) is 17.7 Å². The second kappa shape index (κ2) is 8.65. The van der Waals surface area contributed by atoms with Crippen molar-refractivity contribution in [1.82, 2.24) is 5.32 Å². The lowest BCUT2D eigenvalue weighted by atomic mass is 10.1. The molecule has 6 nitrogen and oxygen atoms in total. The SMILES string of the molecule is C[C@H]1C[C@H]1C(=O)NCCC(=O)Nc1cccc(C(=O)Nc2cccc(F)c2)c1. The summed E-state index contributed by atoms with van der Waals surface area (Å²) in [4.78, 5) is 36.1. The lowest BCUT2D eigenvalue weighted by Crippen LogP contribution is -2.29. The highest BCUT2D eigenvalue weighted by atomic mass is 19.1. The molecule has 0 aromatic heterocycles. The van der Waals surface area contributed by atoms with Gasteiger partial charge in [0.05, 0.1) is 0 Å². The third-order valence-electron chi connectivity index (χ3n) is 4.59. The van der Waals surface area contributed by atoms with E-state index in [4.69, 9.17) is 0 Å². The van der Waals surface area contributed by atoms with E-state index in [2.05, 4.69) is 16.0 Å². The first-order chi connectivity index (χ1) is 13.4. The van der Waals surface area contributed by atoms with Crippen LogP contribution in [-0.2, 0) is 9.59 Å². The van der Waals surface area contributed by atoms with Crippen LogP contribution in [0.15, 0.2) is 48.5 Å². The van der Waals surface area contributed by atoms with Crippen LogP contribution in [0.3, 0.4) is 0 Å². The maximum atomic E-state index is 13.2. The largest absolute Gasteiger partial charge is 0.355 e. The summed E-state index contributed by atoms with van der Waals surface area (Å²) < 4.78 is 13.2. The van der Waals surface area contributed by atoms with E-state index in [9.17, 15) is 18.8 Å². The lowest BCUT2D eigenvalue weighted by Gasteiger charge is -2.09. The summed E-state index contributed by atoms with van der Waals surface area (Å²) in [5.74, 6) is -0.607. The quantitative estimate of drug-likeness (QED) is 0.686. The Morgan fingerprint density at radius 1 is 1.04 bits per heavy atom. The van der Waals surface area contributed by atoms with Crippen LogP contribution >= 0.6 is 0 Å². The number of rotatable bonds is 7. The monoisotopic (exact) mass is 383 g/mol. The molecule has 2 atom stereocenters. The number of hydrogen-bond donors (Lipinski definition) is 3. The van der Waals surface area contributed by atoms with Crippen molar-refractivity contribution in [2.45, 2.75) is 19.8 Å². The molecule has 7 heteroatoms. The van der Waals surface area contributed by atoms with E-state index < -0.39 is 11.7 Å². The summed E-state index contributed by atoms with van der Waals surface area (Å²) >= 11 is 0. The molecule has 28 heavy (non-hydrogen) atoms. The second-order valence-corrected chi connectivity index (χ2v) is 6.95. The fourth-order valence-corrected chi connectivity index (χ4v) is 2.85. The molecule has 0 heterocycles. The minimum absolute atomic E-state index is 0.00341. The molecule has 3 amide bonds. The number of nitrogens with one attached hydrogen (secondary N) is 3. The normalized spacial score (nSPS) is 17.5. The molecule has 1 saturated carbocycles. The van der Waals surface area contributed by atoms with Gasteiger partial charge in [0.1, 0.15) is 5.82 Å². The molecule has 0 spiro atoms. The summed E-state index contributed by atoms with van der Waals surface area (Å²) in [5, 5.41) is 8.07. The summed E-state index contributed by atoms with van der Waals surface area (Å²) in [6.07, 6.45) is 1.05. The van der Waals surface area contributed by atoms with E-state index in [1.807, 2.05) is 6.92 Å². The van der Waals surface area contributed by atoms with Crippen molar-refractivity contribution in [3.63, 3.8) is 0 Å². The number of benzene rings is 2. The molecule has 0 aliphatic heterocycles. The van der Waals surface area contributed by atoms with Crippen LogP contribution in [0.1, 0.15) is 30.1 Å². The van der Waals surface area contributed by atoms with Gasteiger partial charge in [-0.2, -0.15) is 0 Å². The summed E-state index contributed by atoms with van der Waals surface area (Å²) in [7, 11) is 0. The van der Waals surface area contributed by atoms with Crippen LogP contribution < -0.4 is 16.0 Å². The number of carbonyl (C=O) groups excluding carboxylic acids is 3.